The molecule has 0 spiro atoms. The minimum atomic E-state index is -0.708. The predicted molar refractivity (Wildman–Crippen MR) is 134 cm³/mol. The highest BCUT2D eigenvalue weighted by molar-refractivity contribution is 5.94. The zero-order chi connectivity index (χ0) is 25.7. The Labute approximate surface area is 210 Å². The molecule has 3 aromatic carbocycles. The van der Waals surface area contributed by atoms with Gasteiger partial charge in [-0.2, -0.15) is 10.5 Å². The highest BCUT2D eigenvalue weighted by atomic mass is 19.1. The van der Waals surface area contributed by atoms with Crippen LogP contribution in [0.5, 0.6) is 5.75 Å². The van der Waals surface area contributed by atoms with Gasteiger partial charge in [0, 0.05) is 19.1 Å². The number of nitrogens with zero attached hydrogens (tertiary/aromatic N) is 3. The highest BCUT2D eigenvalue weighted by Gasteiger charge is 2.31. The molecule has 1 aliphatic rings. The maximum absolute atomic E-state index is 14.3. The van der Waals surface area contributed by atoms with E-state index in [0.29, 0.717) is 18.5 Å². The summed E-state index contributed by atoms with van der Waals surface area (Å²) in [6.07, 6.45) is 0.791. The molecule has 3 aromatic rings. The van der Waals surface area contributed by atoms with Crippen LogP contribution in [-0.2, 0) is 0 Å². The van der Waals surface area contributed by atoms with Crippen molar-refractivity contribution >= 4 is 5.91 Å². The van der Waals surface area contributed by atoms with Crippen molar-refractivity contribution in [3.8, 4) is 17.9 Å². The fourth-order valence-electron chi connectivity index (χ4n) is 4.53. The number of hydrogen-bond donors (Lipinski definition) is 1. The molecular weight excluding hydrogens is 455 g/mol. The van der Waals surface area contributed by atoms with E-state index >= 15 is 0 Å². The van der Waals surface area contributed by atoms with Crippen LogP contribution in [0.25, 0.3) is 0 Å². The Morgan fingerprint density at radius 3 is 2.19 bits per heavy atom. The first-order valence-electron chi connectivity index (χ1n) is 11.9. The summed E-state index contributed by atoms with van der Waals surface area (Å²) in [6.45, 7) is 5.28. The van der Waals surface area contributed by atoms with E-state index < -0.39 is 11.7 Å². The maximum atomic E-state index is 14.3. The van der Waals surface area contributed by atoms with Crippen LogP contribution in [0.15, 0.2) is 66.7 Å². The van der Waals surface area contributed by atoms with Gasteiger partial charge < -0.3 is 10.1 Å². The lowest BCUT2D eigenvalue weighted by atomic mass is 9.96. The van der Waals surface area contributed by atoms with Gasteiger partial charge in [0.25, 0.3) is 5.91 Å². The van der Waals surface area contributed by atoms with Crippen LogP contribution in [0, 0.1) is 28.5 Å². The smallest absolute Gasteiger partial charge is 0.254 e. The molecule has 182 valence electrons. The summed E-state index contributed by atoms with van der Waals surface area (Å²) in [7, 11) is 0. The molecule has 1 N–H and O–H groups in total. The van der Waals surface area contributed by atoms with E-state index in [9.17, 15) is 14.4 Å². The van der Waals surface area contributed by atoms with E-state index in [4.69, 9.17) is 10.00 Å². The monoisotopic (exact) mass is 482 g/mol. The molecule has 0 radical (unpaired) electrons. The highest BCUT2D eigenvalue weighted by Crippen LogP contribution is 2.33. The standard InChI is InChI=1S/C29H27FN4O2/c1-19(2)36-25-10-8-23(9-11-25)28(22-6-3-20(16-31)4-7-22)34-14-13-24(18-34)33-29(35)26-12-5-21(17-32)15-27(26)30/h3-12,15,19,24,28H,13-14,18H2,1-2H3,(H,33,35). The third kappa shape index (κ3) is 5.71. The summed E-state index contributed by atoms with van der Waals surface area (Å²) in [5.41, 5.74) is 2.80. The third-order valence-electron chi connectivity index (χ3n) is 6.19. The second-order valence-electron chi connectivity index (χ2n) is 9.13. The van der Waals surface area contributed by atoms with Gasteiger partial charge in [-0.1, -0.05) is 24.3 Å². The molecular formula is C29H27FN4O2. The van der Waals surface area contributed by atoms with Crippen LogP contribution in [0.4, 0.5) is 4.39 Å². The third-order valence-corrected chi connectivity index (χ3v) is 6.19. The van der Waals surface area contributed by atoms with Crippen molar-refractivity contribution in [2.75, 3.05) is 13.1 Å². The van der Waals surface area contributed by atoms with Crippen molar-refractivity contribution in [1.82, 2.24) is 10.2 Å². The minimum absolute atomic E-state index is 0.0724. The number of carbonyl (C=O) groups is 1. The summed E-state index contributed by atoms with van der Waals surface area (Å²) in [4.78, 5) is 15.0. The molecule has 0 aromatic heterocycles. The van der Waals surface area contributed by atoms with Gasteiger partial charge in [-0.25, -0.2) is 4.39 Å². The molecule has 1 fully saturated rings. The van der Waals surface area contributed by atoms with Crippen LogP contribution in [0.1, 0.15) is 58.9 Å². The molecule has 1 amide bonds. The number of nitrogens with one attached hydrogen (secondary N) is 1. The normalized spacial score (nSPS) is 16.2. The fourth-order valence-corrected chi connectivity index (χ4v) is 4.53. The summed E-state index contributed by atoms with van der Waals surface area (Å²) >= 11 is 0. The van der Waals surface area contributed by atoms with Gasteiger partial charge in [0.15, 0.2) is 0 Å². The van der Waals surface area contributed by atoms with Crippen molar-refractivity contribution < 1.29 is 13.9 Å². The van der Waals surface area contributed by atoms with E-state index in [0.717, 1.165) is 29.5 Å². The zero-order valence-electron chi connectivity index (χ0n) is 20.2. The van der Waals surface area contributed by atoms with Gasteiger partial charge in [0.2, 0.25) is 0 Å². The minimum Gasteiger partial charge on any atom is -0.491 e. The number of benzene rings is 3. The Balaban J connectivity index is 1.54. The Bertz CT molecular complexity index is 1310. The van der Waals surface area contributed by atoms with Gasteiger partial charge in [0.05, 0.1) is 41.0 Å². The Morgan fingerprint density at radius 2 is 1.61 bits per heavy atom. The molecule has 2 atom stereocenters. The van der Waals surface area contributed by atoms with Crippen molar-refractivity contribution in [3.63, 3.8) is 0 Å². The number of ether oxygens (including phenoxy) is 1. The number of amides is 1. The number of nitriles is 2. The number of hydrogen-bond acceptors (Lipinski definition) is 5. The van der Waals surface area contributed by atoms with Gasteiger partial charge in [-0.05, 0) is 73.9 Å². The number of rotatable bonds is 7. The van der Waals surface area contributed by atoms with Gasteiger partial charge in [-0.3, -0.25) is 9.69 Å². The molecule has 1 aliphatic heterocycles. The zero-order valence-corrected chi connectivity index (χ0v) is 20.2. The van der Waals surface area contributed by atoms with Crippen molar-refractivity contribution in [3.05, 3.63) is 100 Å². The molecule has 0 aliphatic carbocycles. The molecule has 0 saturated carbocycles. The number of halogens is 1. The van der Waals surface area contributed by atoms with E-state index in [1.54, 1.807) is 0 Å². The predicted octanol–water partition coefficient (Wildman–Crippen LogP) is 4.95. The van der Waals surface area contributed by atoms with Crippen LogP contribution >= 0.6 is 0 Å². The average molecular weight is 483 g/mol. The van der Waals surface area contributed by atoms with Crippen LogP contribution in [0.2, 0.25) is 0 Å². The first-order chi connectivity index (χ1) is 17.4. The topological polar surface area (TPSA) is 89.2 Å². The number of likely N-dealkylation sites (tertiary alicyclic amines) is 1. The molecule has 2 unspecified atom stereocenters. The summed E-state index contributed by atoms with van der Waals surface area (Å²) in [6, 6.07) is 23.2. The first-order valence-corrected chi connectivity index (χ1v) is 11.9. The van der Waals surface area contributed by atoms with Crippen molar-refractivity contribution in [2.45, 2.75) is 38.5 Å². The van der Waals surface area contributed by atoms with Crippen LogP contribution in [-0.4, -0.2) is 36.0 Å². The number of carbonyl (C=O) groups excluding carboxylic acids is 1. The largest absolute Gasteiger partial charge is 0.491 e. The first kappa shape index (κ1) is 24.9. The average Bonchev–Trinajstić information content (AvgIpc) is 3.32. The van der Waals surface area contributed by atoms with E-state index in [1.807, 2.05) is 68.4 Å². The fraction of sp³-hybridized carbons (Fsp3) is 0.276. The quantitative estimate of drug-likeness (QED) is 0.515. The lowest BCUT2D eigenvalue weighted by molar-refractivity contribution is 0.0933. The van der Waals surface area contributed by atoms with E-state index in [-0.39, 0.29) is 29.3 Å². The lowest BCUT2D eigenvalue weighted by Gasteiger charge is -2.29. The molecule has 0 bridgehead atoms. The molecule has 36 heavy (non-hydrogen) atoms. The Kier molecular flexibility index (Phi) is 7.63. The second kappa shape index (κ2) is 11.0. The van der Waals surface area contributed by atoms with E-state index in [1.165, 1.54) is 12.1 Å². The van der Waals surface area contributed by atoms with Crippen LogP contribution in [0.3, 0.4) is 0 Å². The summed E-state index contributed by atoms with van der Waals surface area (Å²) in [5.74, 6) is -0.405. The second-order valence-corrected chi connectivity index (χ2v) is 9.13. The van der Waals surface area contributed by atoms with Gasteiger partial charge in [0.1, 0.15) is 11.6 Å². The Hall–Kier alpha value is -4.20. The summed E-state index contributed by atoms with van der Waals surface area (Å²) in [5, 5.41) is 21.1. The van der Waals surface area contributed by atoms with E-state index in [2.05, 4.69) is 16.3 Å². The van der Waals surface area contributed by atoms with Gasteiger partial charge >= 0.3 is 0 Å². The van der Waals surface area contributed by atoms with Crippen molar-refractivity contribution in [2.24, 2.45) is 0 Å². The van der Waals surface area contributed by atoms with Gasteiger partial charge in [-0.15, -0.1) is 0 Å². The molecule has 4 rings (SSSR count). The summed E-state index contributed by atoms with van der Waals surface area (Å²) < 4.78 is 20.1. The lowest BCUT2D eigenvalue weighted by Crippen LogP contribution is -2.38. The SMILES string of the molecule is CC(C)Oc1ccc(C(c2ccc(C#N)cc2)N2CCC(NC(=O)c3ccc(C#N)cc3F)C2)cc1. The molecule has 7 heteroatoms. The van der Waals surface area contributed by atoms with Crippen LogP contribution < -0.4 is 10.1 Å². The maximum Gasteiger partial charge on any atom is 0.254 e. The molecule has 6 nitrogen and oxygen atoms in total. The van der Waals surface area contributed by atoms with Crippen molar-refractivity contribution in [1.29, 1.82) is 10.5 Å². The molecule has 1 heterocycles. The Morgan fingerprint density at radius 1 is 1.00 bits per heavy atom. The molecule has 1 saturated heterocycles.